The number of aliphatic carboxylic acids is 2. The molecular formula is C50H82N6O10S2. The molecule has 4 heterocycles. The zero-order valence-corrected chi connectivity index (χ0v) is 42.2. The fourth-order valence-electron chi connectivity index (χ4n) is 11.2. The minimum Gasteiger partial charge on any atom is -0.478 e. The van der Waals surface area contributed by atoms with Crippen LogP contribution in [-0.4, -0.2) is 125 Å². The Kier molecular flexibility index (Phi) is 23.5. The van der Waals surface area contributed by atoms with Gasteiger partial charge < -0.3 is 41.6 Å². The lowest BCUT2D eigenvalue weighted by molar-refractivity contribution is -0.134. The number of fused-ring (bicyclic) bond motifs is 2. The van der Waals surface area contributed by atoms with Crippen LogP contribution in [0, 0.1) is 11.8 Å². The summed E-state index contributed by atoms with van der Waals surface area (Å²) in [5.41, 5.74) is 5.05. The van der Waals surface area contributed by atoms with E-state index in [0.717, 1.165) is 76.5 Å². The summed E-state index contributed by atoms with van der Waals surface area (Å²) in [4.78, 5) is 24.6. The molecule has 8 rings (SSSR count). The van der Waals surface area contributed by atoms with Gasteiger partial charge in [0.15, 0.2) is 0 Å². The van der Waals surface area contributed by atoms with E-state index in [1.54, 1.807) is 12.1 Å². The number of carbonyl (C=O) groups is 2. The number of nitrogens with zero attached hydrogens (tertiary/aromatic N) is 2. The quantitative estimate of drug-likeness (QED) is 0.118. The van der Waals surface area contributed by atoms with Crippen molar-refractivity contribution >= 4 is 32.0 Å². The number of hydrogen-bond donors (Lipinski definition) is 6. The van der Waals surface area contributed by atoms with Crippen LogP contribution in [0.5, 0.6) is 0 Å². The molecule has 0 amide bonds. The van der Waals surface area contributed by atoms with Crippen molar-refractivity contribution in [3.05, 3.63) is 70.8 Å². The number of nitrogens with one attached hydrogen (secondary N) is 4. The Morgan fingerprint density at radius 1 is 0.603 bits per heavy atom. The minimum atomic E-state index is -3.46. The Morgan fingerprint density at radius 2 is 0.985 bits per heavy atom. The van der Waals surface area contributed by atoms with E-state index in [-0.39, 0.29) is 11.0 Å². The summed E-state index contributed by atoms with van der Waals surface area (Å²) in [7, 11) is -2.64. The molecule has 384 valence electrons. The summed E-state index contributed by atoms with van der Waals surface area (Å²) in [5.74, 6) is -0.970. The smallest absolute Gasteiger partial charge is 0.328 e. The minimum absolute atomic E-state index is 0. The van der Waals surface area contributed by atoms with Gasteiger partial charge in [0.05, 0.1) is 9.79 Å². The fraction of sp³-hybridized carbons (Fsp3) is 0.680. The number of benzene rings is 2. The Labute approximate surface area is 406 Å². The third kappa shape index (κ3) is 17.2. The Hall–Kier alpha value is -3.30. The molecule has 68 heavy (non-hydrogen) atoms. The molecule has 2 saturated heterocycles. The lowest BCUT2D eigenvalue weighted by Gasteiger charge is -2.32. The maximum absolute atomic E-state index is 12.9. The summed E-state index contributed by atoms with van der Waals surface area (Å²) in [5, 5.41) is 23.0. The highest BCUT2D eigenvalue weighted by atomic mass is 32.2. The molecule has 18 heteroatoms. The second-order valence-corrected chi connectivity index (χ2v) is 23.2. The standard InChI is InChI=1S/2C23H37N3O2S.C4H4O4.2H2O/c2*1-26-15-5-8-20(26)12-14-25-29(27,28)21-10-9-19-11-13-24-23(22(19)17-21)16-18-6-3-2-4-7-18;5-3(6)1-2-4(7)8;;/h2*9-10,17-18,20,23-25H,2-8,11-16H2,1H3;1-2H,(H,5,6)(H,7,8);2*1H2/b;;2-1+;;/t20-,23?;;;;/m0..../s1. The largest absolute Gasteiger partial charge is 0.478 e. The van der Waals surface area contributed by atoms with Crippen molar-refractivity contribution in [2.45, 2.75) is 162 Å². The maximum Gasteiger partial charge on any atom is 0.328 e. The molecule has 0 radical (unpaired) electrons. The zero-order chi connectivity index (χ0) is 47.1. The van der Waals surface area contributed by atoms with Crippen molar-refractivity contribution in [1.29, 1.82) is 0 Å². The molecule has 0 spiro atoms. The van der Waals surface area contributed by atoms with Crippen LogP contribution in [0.2, 0.25) is 0 Å². The van der Waals surface area contributed by atoms with Crippen LogP contribution in [0.15, 0.2) is 58.3 Å². The van der Waals surface area contributed by atoms with E-state index in [9.17, 15) is 26.4 Å². The predicted molar refractivity (Wildman–Crippen MR) is 267 cm³/mol. The van der Waals surface area contributed by atoms with E-state index in [1.165, 1.54) is 112 Å². The summed E-state index contributed by atoms with van der Waals surface area (Å²) in [6, 6.07) is 13.2. The van der Waals surface area contributed by atoms with Crippen molar-refractivity contribution in [1.82, 2.24) is 29.9 Å². The molecule has 6 aliphatic rings. The second kappa shape index (κ2) is 27.9. The first-order valence-corrected chi connectivity index (χ1v) is 27.9. The lowest BCUT2D eigenvalue weighted by atomic mass is 9.81. The summed E-state index contributed by atoms with van der Waals surface area (Å²) < 4.78 is 57.4. The summed E-state index contributed by atoms with van der Waals surface area (Å²) >= 11 is 0. The number of hydrogen-bond acceptors (Lipinski definition) is 10. The third-order valence-corrected chi connectivity index (χ3v) is 17.9. The van der Waals surface area contributed by atoms with E-state index < -0.39 is 32.0 Å². The molecule has 2 aromatic carbocycles. The average Bonchev–Trinajstić information content (AvgIpc) is 3.92. The predicted octanol–water partition coefficient (Wildman–Crippen LogP) is 5.28. The molecule has 2 aliphatic carbocycles. The molecule has 16 nitrogen and oxygen atoms in total. The number of sulfonamides is 2. The molecule has 4 fully saturated rings. The first-order chi connectivity index (χ1) is 31.7. The van der Waals surface area contributed by atoms with Crippen molar-refractivity contribution in [3.63, 3.8) is 0 Å². The van der Waals surface area contributed by atoms with Gasteiger partial charge in [0.1, 0.15) is 0 Å². The highest BCUT2D eigenvalue weighted by Crippen LogP contribution is 2.37. The van der Waals surface area contributed by atoms with Gasteiger partial charge in [-0.1, -0.05) is 76.3 Å². The van der Waals surface area contributed by atoms with Crippen LogP contribution in [-0.2, 0) is 42.5 Å². The number of rotatable bonds is 16. The van der Waals surface area contributed by atoms with Gasteiger partial charge in [-0.15, -0.1) is 0 Å². The number of carboxylic acids is 2. The van der Waals surface area contributed by atoms with E-state index in [4.69, 9.17) is 10.2 Å². The van der Waals surface area contributed by atoms with E-state index >= 15 is 0 Å². The monoisotopic (exact) mass is 991 g/mol. The zero-order valence-electron chi connectivity index (χ0n) is 40.5. The highest BCUT2D eigenvalue weighted by Gasteiger charge is 2.29. The van der Waals surface area contributed by atoms with Crippen LogP contribution in [0.3, 0.4) is 0 Å². The van der Waals surface area contributed by atoms with Gasteiger partial charge in [-0.3, -0.25) is 0 Å². The summed E-state index contributed by atoms with van der Waals surface area (Å²) in [6.45, 7) is 5.25. The van der Waals surface area contributed by atoms with Crippen LogP contribution < -0.4 is 20.1 Å². The van der Waals surface area contributed by atoms with Crippen molar-refractivity contribution in [2.24, 2.45) is 11.8 Å². The molecule has 10 N–H and O–H groups in total. The van der Waals surface area contributed by atoms with Crippen LogP contribution in [0.1, 0.15) is 150 Å². The van der Waals surface area contributed by atoms with Crippen LogP contribution in [0.25, 0.3) is 0 Å². The Bertz CT molecular complexity index is 2000. The maximum atomic E-state index is 12.9. The van der Waals surface area contributed by atoms with E-state index in [1.807, 2.05) is 24.3 Å². The Balaban J connectivity index is 0.000000250. The van der Waals surface area contributed by atoms with Gasteiger partial charge in [-0.2, -0.15) is 0 Å². The number of carboxylic acid groups (broad SMARTS) is 2. The first-order valence-electron chi connectivity index (χ1n) is 24.9. The van der Waals surface area contributed by atoms with Gasteiger partial charge in [-0.25, -0.2) is 35.9 Å². The van der Waals surface area contributed by atoms with Gasteiger partial charge in [0.25, 0.3) is 0 Å². The topological polar surface area (TPSA) is 260 Å². The lowest BCUT2D eigenvalue weighted by Crippen LogP contribution is -2.33. The third-order valence-electron chi connectivity index (χ3n) is 15.0. The first kappa shape index (κ1) is 57.3. The van der Waals surface area contributed by atoms with Crippen molar-refractivity contribution in [3.8, 4) is 0 Å². The SMILES string of the molecule is CN1CCCC1CCNS(=O)(=O)c1ccc2c(c1)C(CC1CCCCC1)NCC2.CN1CCC[C@H]1CCNS(=O)(=O)c1ccc2c(c1)C(CC1CCCCC1)NCC2.O.O.O=C(O)/C=C/C(=O)O. The second-order valence-electron chi connectivity index (χ2n) is 19.7. The Morgan fingerprint density at radius 3 is 1.32 bits per heavy atom. The van der Waals surface area contributed by atoms with Gasteiger partial charge in [0, 0.05) is 49.4 Å². The van der Waals surface area contributed by atoms with Gasteiger partial charge in [0.2, 0.25) is 20.0 Å². The average molecular weight is 991 g/mol. The molecule has 4 aliphatic heterocycles. The normalized spacial score (nSPS) is 23.7. The summed E-state index contributed by atoms with van der Waals surface area (Å²) in [6.07, 6.45) is 25.3. The van der Waals surface area contributed by atoms with Crippen LogP contribution in [0.4, 0.5) is 0 Å². The molecule has 4 atom stereocenters. The van der Waals surface area contributed by atoms with E-state index in [2.05, 4.69) is 44.0 Å². The van der Waals surface area contributed by atoms with Gasteiger partial charge >= 0.3 is 11.9 Å². The molecule has 2 aromatic rings. The molecule has 0 aromatic heterocycles. The van der Waals surface area contributed by atoms with Crippen LogP contribution >= 0.6 is 0 Å². The molecular weight excluding hydrogens is 909 g/mol. The van der Waals surface area contributed by atoms with E-state index in [0.29, 0.717) is 59.2 Å². The van der Waals surface area contributed by atoms with Gasteiger partial charge in [-0.05, 0) is 163 Å². The van der Waals surface area contributed by atoms with Crippen molar-refractivity contribution < 1.29 is 47.6 Å². The molecule has 2 saturated carbocycles. The fourth-order valence-corrected chi connectivity index (χ4v) is 13.4. The van der Waals surface area contributed by atoms with Crippen molar-refractivity contribution in [2.75, 3.05) is 53.4 Å². The number of likely N-dealkylation sites (tertiary alicyclic amines) is 2. The molecule has 3 unspecified atom stereocenters. The molecule has 0 bridgehead atoms. The highest BCUT2D eigenvalue weighted by molar-refractivity contribution is 7.89.